The number of urea groups is 1. The lowest BCUT2D eigenvalue weighted by atomic mass is 10.1. The summed E-state index contributed by atoms with van der Waals surface area (Å²) in [6, 6.07) is 2.22. The monoisotopic (exact) mass is 277 g/mol. The van der Waals surface area contributed by atoms with E-state index >= 15 is 0 Å². The van der Waals surface area contributed by atoms with E-state index in [1.165, 1.54) is 18.3 Å². The third kappa shape index (κ3) is 5.23. The molecule has 0 aliphatic carbocycles. The number of rotatable bonds is 3. The van der Waals surface area contributed by atoms with Gasteiger partial charge < -0.3 is 15.6 Å². The molecule has 4 nitrogen and oxygen atoms in total. The summed E-state index contributed by atoms with van der Waals surface area (Å²) in [6.45, 7) is 4.74. The zero-order valence-corrected chi connectivity index (χ0v) is 11.1. The van der Waals surface area contributed by atoms with Crippen LogP contribution in [0.2, 0.25) is 0 Å². The third-order valence-electron chi connectivity index (χ3n) is 2.35. The standard InChI is InChI=1S/C12H18F3N3O/c1-11(2,3)18-10(19)17-7-8(12(13,14)15)9-5-4-6-16-9/h4-6,8,16H,7H2,1-3H3,(H2,17,18,19)/t8-/m0/s1. The van der Waals surface area contributed by atoms with Gasteiger partial charge in [0.15, 0.2) is 0 Å². The lowest BCUT2D eigenvalue weighted by Crippen LogP contribution is -2.48. The summed E-state index contributed by atoms with van der Waals surface area (Å²) in [5, 5.41) is 4.79. The summed E-state index contributed by atoms with van der Waals surface area (Å²) in [5.74, 6) is -1.74. The van der Waals surface area contributed by atoms with Gasteiger partial charge in [-0.25, -0.2) is 4.79 Å². The fourth-order valence-corrected chi connectivity index (χ4v) is 1.54. The first-order valence-electron chi connectivity index (χ1n) is 5.85. The van der Waals surface area contributed by atoms with E-state index in [2.05, 4.69) is 15.6 Å². The van der Waals surface area contributed by atoms with E-state index in [1.807, 2.05) is 0 Å². The van der Waals surface area contributed by atoms with Crippen LogP contribution in [-0.2, 0) is 0 Å². The zero-order valence-electron chi connectivity index (χ0n) is 11.1. The Bertz CT molecular complexity index is 407. The van der Waals surface area contributed by atoms with E-state index in [9.17, 15) is 18.0 Å². The summed E-state index contributed by atoms with van der Waals surface area (Å²) < 4.78 is 38.6. The highest BCUT2D eigenvalue weighted by molar-refractivity contribution is 5.74. The lowest BCUT2D eigenvalue weighted by Gasteiger charge is -2.23. The van der Waals surface area contributed by atoms with Crippen LogP contribution in [0, 0.1) is 0 Å². The first-order valence-corrected chi connectivity index (χ1v) is 5.85. The van der Waals surface area contributed by atoms with Crippen LogP contribution in [0.3, 0.4) is 0 Å². The van der Waals surface area contributed by atoms with Crippen molar-refractivity contribution in [2.75, 3.05) is 6.54 Å². The number of alkyl halides is 3. The molecule has 7 heteroatoms. The van der Waals surface area contributed by atoms with Gasteiger partial charge in [-0.3, -0.25) is 0 Å². The van der Waals surface area contributed by atoms with Crippen molar-refractivity contribution in [3.8, 4) is 0 Å². The number of carbonyl (C=O) groups is 1. The molecule has 1 aromatic heterocycles. The summed E-state index contributed by atoms with van der Waals surface area (Å²) in [5.41, 5.74) is -0.465. The van der Waals surface area contributed by atoms with Gasteiger partial charge in [-0.1, -0.05) is 0 Å². The van der Waals surface area contributed by atoms with Gasteiger partial charge in [0.1, 0.15) is 5.92 Å². The summed E-state index contributed by atoms with van der Waals surface area (Å²) in [6.07, 6.45) is -3.00. The van der Waals surface area contributed by atoms with Crippen LogP contribution in [0.1, 0.15) is 32.4 Å². The number of hydrogen-bond donors (Lipinski definition) is 3. The number of carbonyl (C=O) groups excluding carboxylic acids is 1. The Morgan fingerprint density at radius 3 is 2.42 bits per heavy atom. The molecule has 0 unspecified atom stereocenters. The number of hydrogen-bond acceptors (Lipinski definition) is 1. The second-order valence-corrected chi connectivity index (χ2v) is 5.30. The molecule has 1 atom stereocenters. The quantitative estimate of drug-likeness (QED) is 0.781. The molecule has 1 heterocycles. The van der Waals surface area contributed by atoms with Crippen LogP contribution in [0.25, 0.3) is 0 Å². The average molecular weight is 277 g/mol. The van der Waals surface area contributed by atoms with Crippen LogP contribution < -0.4 is 10.6 Å². The van der Waals surface area contributed by atoms with Crippen molar-refractivity contribution in [3.05, 3.63) is 24.0 Å². The van der Waals surface area contributed by atoms with Crippen molar-refractivity contribution in [1.82, 2.24) is 15.6 Å². The van der Waals surface area contributed by atoms with E-state index in [0.717, 1.165) is 0 Å². The van der Waals surface area contributed by atoms with E-state index in [4.69, 9.17) is 0 Å². The molecule has 0 aromatic carbocycles. The molecule has 0 aliphatic heterocycles. The van der Waals surface area contributed by atoms with Crippen molar-refractivity contribution in [2.24, 2.45) is 0 Å². The van der Waals surface area contributed by atoms with Crippen molar-refractivity contribution in [2.45, 2.75) is 38.4 Å². The van der Waals surface area contributed by atoms with Crippen molar-refractivity contribution in [1.29, 1.82) is 0 Å². The average Bonchev–Trinajstić information content (AvgIpc) is 2.65. The van der Waals surface area contributed by atoms with E-state index in [0.29, 0.717) is 0 Å². The molecule has 0 saturated carbocycles. The predicted octanol–water partition coefficient (Wildman–Crippen LogP) is 2.76. The fraction of sp³-hybridized carbons (Fsp3) is 0.583. The van der Waals surface area contributed by atoms with E-state index in [-0.39, 0.29) is 5.69 Å². The summed E-state index contributed by atoms with van der Waals surface area (Å²) >= 11 is 0. The Balaban J connectivity index is 2.63. The van der Waals surface area contributed by atoms with Crippen LogP contribution in [-0.4, -0.2) is 29.3 Å². The molecule has 0 radical (unpaired) electrons. The van der Waals surface area contributed by atoms with Gasteiger partial charge in [0, 0.05) is 24.0 Å². The van der Waals surface area contributed by atoms with Gasteiger partial charge >= 0.3 is 12.2 Å². The smallest absolute Gasteiger partial charge is 0.364 e. The largest absolute Gasteiger partial charge is 0.398 e. The number of nitrogens with one attached hydrogen (secondary N) is 3. The van der Waals surface area contributed by atoms with E-state index < -0.39 is 30.2 Å². The maximum Gasteiger partial charge on any atom is 0.398 e. The van der Waals surface area contributed by atoms with Gasteiger partial charge in [0.2, 0.25) is 0 Å². The van der Waals surface area contributed by atoms with Gasteiger partial charge in [-0.15, -0.1) is 0 Å². The Hall–Kier alpha value is -1.66. The van der Waals surface area contributed by atoms with Crippen LogP contribution >= 0.6 is 0 Å². The number of aromatic amines is 1. The Kier molecular flexibility index (Phi) is 4.49. The Morgan fingerprint density at radius 1 is 1.37 bits per heavy atom. The second-order valence-electron chi connectivity index (χ2n) is 5.30. The van der Waals surface area contributed by atoms with Crippen LogP contribution in [0.5, 0.6) is 0 Å². The molecule has 0 bridgehead atoms. The molecule has 0 spiro atoms. The van der Waals surface area contributed by atoms with Crippen molar-refractivity contribution >= 4 is 6.03 Å². The van der Waals surface area contributed by atoms with Gasteiger partial charge in [-0.05, 0) is 32.9 Å². The molecule has 2 amide bonds. The molecule has 0 fully saturated rings. The van der Waals surface area contributed by atoms with Gasteiger partial charge in [-0.2, -0.15) is 13.2 Å². The van der Waals surface area contributed by atoms with Crippen molar-refractivity contribution < 1.29 is 18.0 Å². The first kappa shape index (κ1) is 15.4. The minimum Gasteiger partial charge on any atom is -0.364 e. The number of halogens is 3. The SMILES string of the molecule is CC(C)(C)NC(=O)NC[C@@H](c1ccc[nH]1)C(F)(F)F. The summed E-state index contributed by atoms with van der Waals surface area (Å²) in [4.78, 5) is 14.0. The number of H-pyrrole nitrogens is 1. The summed E-state index contributed by atoms with van der Waals surface area (Å²) in [7, 11) is 0. The predicted molar refractivity (Wildman–Crippen MR) is 65.9 cm³/mol. The number of amides is 2. The van der Waals surface area contributed by atoms with Gasteiger partial charge in [0.25, 0.3) is 0 Å². The molecule has 1 aromatic rings. The Labute approximate surface area is 109 Å². The molecule has 108 valence electrons. The van der Waals surface area contributed by atoms with E-state index in [1.54, 1.807) is 20.8 Å². The normalized spacial score (nSPS) is 14.0. The second kappa shape index (κ2) is 5.54. The first-order chi connectivity index (χ1) is 8.59. The minimum atomic E-state index is -4.42. The highest BCUT2D eigenvalue weighted by atomic mass is 19.4. The van der Waals surface area contributed by atoms with Crippen LogP contribution in [0.4, 0.5) is 18.0 Å². The Morgan fingerprint density at radius 2 is 2.00 bits per heavy atom. The topological polar surface area (TPSA) is 56.9 Å². The van der Waals surface area contributed by atoms with Gasteiger partial charge in [0.05, 0.1) is 0 Å². The molecular weight excluding hydrogens is 259 g/mol. The molecule has 19 heavy (non-hydrogen) atoms. The van der Waals surface area contributed by atoms with Crippen molar-refractivity contribution in [3.63, 3.8) is 0 Å². The van der Waals surface area contributed by atoms with Crippen LogP contribution in [0.15, 0.2) is 18.3 Å². The molecule has 3 N–H and O–H groups in total. The zero-order chi connectivity index (χ0) is 14.7. The maximum absolute atomic E-state index is 12.9. The lowest BCUT2D eigenvalue weighted by molar-refractivity contribution is -0.149. The fourth-order valence-electron chi connectivity index (χ4n) is 1.54. The highest BCUT2D eigenvalue weighted by Gasteiger charge is 2.41. The minimum absolute atomic E-state index is 0.0311. The maximum atomic E-state index is 12.9. The highest BCUT2D eigenvalue weighted by Crippen LogP contribution is 2.33. The molecular formula is C12H18F3N3O. The number of aromatic nitrogens is 1. The molecule has 0 aliphatic rings. The molecule has 0 saturated heterocycles. The molecule has 1 rings (SSSR count). The third-order valence-corrected chi connectivity index (χ3v) is 2.35.